The summed E-state index contributed by atoms with van der Waals surface area (Å²) in [7, 11) is 0. The Morgan fingerprint density at radius 2 is 0.731 bits per heavy atom. The van der Waals surface area contributed by atoms with Crippen molar-refractivity contribution >= 4 is 12.1 Å². The number of rotatable bonds is 48. The lowest BCUT2D eigenvalue weighted by Crippen LogP contribution is -2.29. The monoisotopic (exact) mass is 950 g/mol. The predicted molar refractivity (Wildman–Crippen MR) is 255 cm³/mol. The Hall–Kier alpha value is -3.26. The Morgan fingerprint density at radius 1 is 0.403 bits per heavy atom. The Kier molecular flexibility index (Phi) is 37.1. The van der Waals surface area contributed by atoms with Gasteiger partial charge in [-0.3, -0.25) is 4.79 Å². The molecule has 3 rings (SSSR count). The van der Waals surface area contributed by atoms with E-state index < -0.39 is 6.09 Å². The van der Waals surface area contributed by atoms with E-state index in [1.54, 1.807) is 0 Å². The molecule has 2 aromatic rings. The van der Waals surface area contributed by atoms with Crippen molar-refractivity contribution in [3.8, 4) is 11.1 Å². The van der Waals surface area contributed by atoms with E-state index in [0.717, 1.165) is 12.8 Å². The minimum Gasteiger partial charge on any atom is -0.463 e. The van der Waals surface area contributed by atoms with Gasteiger partial charge in [0, 0.05) is 18.9 Å². The van der Waals surface area contributed by atoms with Crippen LogP contribution in [0.5, 0.6) is 0 Å². The van der Waals surface area contributed by atoms with Crippen LogP contribution in [0.3, 0.4) is 0 Å². The van der Waals surface area contributed by atoms with Gasteiger partial charge in [0.2, 0.25) is 0 Å². The molecule has 0 aromatic heterocycles. The molecule has 382 valence electrons. The molecule has 0 fully saturated rings. The van der Waals surface area contributed by atoms with E-state index in [-0.39, 0.29) is 25.1 Å². The molecule has 0 heterocycles. The van der Waals surface area contributed by atoms with Crippen LogP contribution in [0.2, 0.25) is 0 Å². The van der Waals surface area contributed by atoms with Gasteiger partial charge in [-0.2, -0.15) is 0 Å². The largest absolute Gasteiger partial charge is 0.463 e. The third-order valence-corrected chi connectivity index (χ3v) is 10.6. The first-order valence-electron chi connectivity index (χ1n) is 24.8. The number of nitrogens with one attached hydrogen (secondary N) is 1. The van der Waals surface area contributed by atoms with Crippen LogP contribution in [-0.4, -0.2) is 177 Å². The SMILES string of the molecule is CCCCCCCCCCCC(=O)OCCOCCOCCOCCOCCOCCOCCOCCOCCOCCOCCOCCNC(=O)OCC1c2ccccc2-c2ccccc21. The molecule has 0 radical (unpaired) electrons. The highest BCUT2D eigenvalue weighted by molar-refractivity contribution is 5.79. The third-order valence-electron chi connectivity index (χ3n) is 10.6. The number of carbonyl (C=O) groups is 2. The van der Waals surface area contributed by atoms with E-state index in [1.807, 2.05) is 24.3 Å². The molecule has 16 nitrogen and oxygen atoms in total. The summed E-state index contributed by atoms with van der Waals surface area (Å²) >= 11 is 0. The van der Waals surface area contributed by atoms with Gasteiger partial charge in [0.15, 0.2) is 0 Å². The van der Waals surface area contributed by atoms with Crippen molar-refractivity contribution in [2.24, 2.45) is 0 Å². The van der Waals surface area contributed by atoms with Crippen molar-refractivity contribution in [1.82, 2.24) is 5.32 Å². The molecular weight excluding hydrogens is 867 g/mol. The van der Waals surface area contributed by atoms with Gasteiger partial charge in [0.1, 0.15) is 13.2 Å². The molecule has 0 aliphatic heterocycles. The fraction of sp³-hybridized carbons (Fsp3) is 0.725. The molecule has 2 aromatic carbocycles. The number of hydrogen-bond donors (Lipinski definition) is 1. The smallest absolute Gasteiger partial charge is 0.407 e. The summed E-state index contributed by atoms with van der Waals surface area (Å²) in [4.78, 5) is 24.1. The molecule has 16 heteroatoms. The second-order valence-electron chi connectivity index (χ2n) is 15.8. The molecule has 0 saturated carbocycles. The number of alkyl carbamates (subject to hydrolysis) is 1. The number of ether oxygens (including phenoxy) is 13. The number of fused-ring (bicyclic) bond motifs is 3. The van der Waals surface area contributed by atoms with Gasteiger partial charge in [-0.25, -0.2) is 4.79 Å². The maximum absolute atomic E-state index is 12.3. The maximum atomic E-state index is 12.3. The summed E-state index contributed by atoms with van der Waals surface area (Å²) in [6, 6.07) is 16.5. The van der Waals surface area contributed by atoms with Gasteiger partial charge >= 0.3 is 12.1 Å². The lowest BCUT2D eigenvalue weighted by Gasteiger charge is -2.14. The van der Waals surface area contributed by atoms with Crippen LogP contribution in [0.4, 0.5) is 4.79 Å². The van der Waals surface area contributed by atoms with Gasteiger partial charge in [0.05, 0.1) is 145 Å². The van der Waals surface area contributed by atoms with Crippen LogP contribution in [-0.2, 0) is 66.4 Å². The molecule has 1 amide bonds. The predicted octanol–water partition coefficient (Wildman–Crippen LogP) is 7.17. The highest BCUT2D eigenvalue weighted by Crippen LogP contribution is 2.44. The van der Waals surface area contributed by atoms with Crippen molar-refractivity contribution in [3.63, 3.8) is 0 Å². The van der Waals surface area contributed by atoms with E-state index in [1.165, 1.54) is 67.2 Å². The number of amides is 1. The number of unbranched alkanes of at least 4 members (excludes halogenated alkanes) is 8. The van der Waals surface area contributed by atoms with Crippen molar-refractivity contribution in [1.29, 1.82) is 0 Å². The molecule has 1 aliphatic carbocycles. The van der Waals surface area contributed by atoms with E-state index in [4.69, 9.17) is 61.6 Å². The minimum absolute atomic E-state index is 0.0322. The molecule has 0 spiro atoms. The van der Waals surface area contributed by atoms with Crippen LogP contribution >= 0.6 is 0 Å². The van der Waals surface area contributed by atoms with Gasteiger partial charge in [-0.15, -0.1) is 0 Å². The number of esters is 1. The zero-order valence-corrected chi connectivity index (χ0v) is 40.6. The van der Waals surface area contributed by atoms with E-state index in [0.29, 0.717) is 158 Å². The second kappa shape index (κ2) is 42.8. The lowest BCUT2D eigenvalue weighted by atomic mass is 9.98. The summed E-state index contributed by atoms with van der Waals surface area (Å²) in [5.74, 6) is -0.109. The highest BCUT2D eigenvalue weighted by Gasteiger charge is 2.29. The van der Waals surface area contributed by atoms with Crippen LogP contribution in [0.15, 0.2) is 48.5 Å². The van der Waals surface area contributed by atoms with Crippen molar-refractivity contribution in [3.05, 3.63) is 59.7 Å². The fourth-order valence-corrected chi connectivity index (χ4v) is 7.04. The topological polar surface area (TPSA) is 166 Å². The number of carbonyl (C=O) groups excluding carboxylic acids is 2. The highest BCUT2D eigenvalue weighted by atomic mass is 16.6. The zero-order valence-electron chi connectivity index (χ0n) is 40.6. The molecule has 0 atom stereocenters. The molecule has 0 saturated heterocycles. The van der Waals surface area contributed by atoms with E-state index in [2.05, 4.69) is 36.5 Å². The van der Waals surface area contributed by atoms with Gasteiger partial charge in [-0.1, -0.05) is 107 Å². The Labute approximate surface area is 400 Å². The maximum Gasteiger partial charge on any atom is 0.407 e. The first kappa shape index (κ1) is 58.1. The first-order valence-corrected chi connectivity index (χ1v) is 24.8. The summed E-state index contributed by atoms with van der Waals surface area (Å²) in [5.41, 5.74) is 4.76. The summed E-state index contributed by atoms with van der Waals surface area (Å²) in [6.45, 7) is 13.3. The minimum atomic E-state index is -0.455. The zero-order chi connectivity index (χ0) is 47.3. The van der Waals surface area contributed by atoms with Crippen LogP contribution < -0.4 is 5.32 Å². The van der Waals surface area contributed by atoms with E-state index >= 15 is 0 Å². The molecule has 0 unspecified atom stereocenters. The third kappa shape index (κ3) is 30.8. The summed E-state index contributed by atoms with van der Waals surface area (Å²) in [6.07, 6.45) is 11.1. The fourth-order valence-electron chi connectivity index (χ4n) is 7.04. The van der Waals surface area contributed by atoms with Crippen LogP contribution in [0.25, 0.3) is 11.1 Å². The molecule has 1 aliphatic rings. The van der Waals surface area contributed by atoms with Crippen molar-refractivity contribution < 1.29 is 71.2 Å². The average Bonchev–Trinajstić information content (AvgIpc) is 3.67. The van der Waals surface area contributed by atoms with E-state index in [9.17, 15) is 9.59 Å². The first-order chi connectivity index (χ1) is 33.2. The number of benzene rings is 2. The van der Waals surface area contributed by atoms with Crippen molar-refractivity contribution in [2.75, 3.05) is 165 Å². The standard InChI is InChI=1S/C51H83NO15/c1-2-3-4-5-6-7-8-9-10-19-50(53)66-43-42-65-41-40-64-39-38-63-37-36-62-35-34-61-33-32-60-31-30-59-29-28-58-27-26-57-25-24-56-23-22-55-21-20-52-51(54)67-44-49-47-17-13-11-15-45(47)46-16-12-14-18-48(46)49/h11-18,49H,2-10,19-44H2,1H3,(H,52,54). The molecule has 1 N–H and O–H groups in total. The molecule has 67 heavy (non-hydrogen) atoms. The Balaban J connectivity index is 0.906. The summed E-state index contributed by atoms with van der Waals surface area (Å²) < 4.78 is 71.4. The Bertz CT molecular complexity index is 1420. The van der Waals surface area contributed by atoms with Crippen LogP contribution in [0.1, 0.15) is 88.2 Å². The van der Waals surface area contributed by atoms with Crippen molar-refractivity contribution in [2.45, 2.75) is 77.0 Å². The average molecular weight is 950 g/mol. The molecular formula is C51H83NO15. The normalized spacial score (nSPS) is 12.1. The second-order valence-corrected chi connectivity index (χ2v) is 15.8. The summed E-state index contributed by atoms with van der Waals surface area (Å²) in [5, 5.41) is 2.75. The van der Waals surface area contributed by atoms with Gasteiger partial charge in [-0.05, 0) is 28.7 Å². The van der Waals surface area contributed by atoms with Gasteiger partial charge in [0.25, 0.3) is 0 Å². The molecule has 0 bridgehead atoms. The van der Waals surface area contributed by atoms with Gasteiger partial charge < -0.3 is 66.9 Å². The lowest BCUT2D eigenvalue weighted by molar-refractivity contribution is -0.145. The number of hydrogen-bond acceptors (Lipinski definition) is 15. The Morgan fingerprint density at radius 3 is 1.12 bits per heavy atom. The van der Waals surface area contributed by atoms with Crippen LogP contribution in [0, 0.1) is 0 Å². The quantitative estimate of drug-likeness (QED) is 0.0524.